The highest BCUT2D eigenvalue weighted by molar-refractivity contribution is 6.38. The monoisotopic (exact) mass is 313 g/mol. The van der Waals surface area contributed by atoms with E-state index in [1.165, 1.54) is 0 Å². The lowest BCUT2D eigenvalue weighted by Crippen LogP contribution is -1.82. The first-order valence-corrected chi connectivity index (χ1v) is 6.53. The van der Waals surface area contributed by atoms with Crippen molar-refractivity contribution in [1.82, 2.24) is 0 Å². The van der Waals surface area contributed by atoms with Gasteiger partial charge in [-0.15, -0.1) is 10.2 Å². The van der Waals surface area contributed by atoms with Crippen molar-refractivity contribution in [1.29, 1.82) is 0 Å². The first-order chi connectivity index (χ1) is 8.97. The maximum absolute atomic E-state index is 6.07. The second-order valence-corrected chi connectivity index (χ2v) is 5.21. The zero-order chi connectivity index (χ0) is 14.0. The van der Waals surface area contributed by atoms with Gasteiger partial charge in [0.2, 0.25) is 0 Å². The lowest BCUT2D eigenvalue weighted by atomic mass is 10.2. The van der Waals surface area contributed by atoms with E-state index in [-0.39, 0.29) is 0 Å². The molecule has 0 fully saturated rings. The van der Waals surface area contributed by atoms with Crippen LogP contribution in [0.25, 0.3) is 0 Å². The van der Waals surface area contributed by atoms with Gasteiger partial charge in [0.15, 0.2) is 0 Å². The van der Waals surface area contributed by atoms with Crippen LogP contribution in [0, 0.1) is 6.92 Å². The van der Waals surface area contributed by atoms with E-state index in [1.807, 2.05) is 6.92 Å². The van der Waals surface area contributed by atoms with Crippen LogP contribution in [0.15, 0.2) is 40.6 Å². The molecule has 2 N–H and O–H groups in total. The minimum Gasteiger partial charge on any atom is -0.399 e. The molecule has 0 saturated carbocycles. The predicted octanol–water partition coefficient (Wildman–Crippen LogP) is 5.95. The standard InChI is InChI=1S/C13H10Cl3N3/c1-7-4-10(15)13(11(16)5-7)19-18-12-3-2-8(17)6-9(12)14/h2-6H,17H2,1H3. The summed E-state index contributed by atoms with van der Waals surface area (Å²) < 4.78 is 0. The average Bonchev–Trinajstić information content (AvgIpc) is 2.30. The second kappa shape index (κ2) is 5.78. The number of halogens is 3. The van der Waals surface area contributed by atoms with E-state index in [2.05, 4.69) is 10.2 Å². The number of nitrogens with two attached hydrogens (primary N) is 1. The molecule has 19 heavy (non-hydrogen) atoms. The molecule has 0 aliphatic carbocycles. The van der Waals surface area contributed by atoms with Gasteiger partial charge in [0.1, 0.15) is 11.4 Å². The number of hydrogen-bond donors (Lipinski definition) is 1. The van der Waals surface area contributed by atoms with Gasteiger partial charge in [-0.2, -0.15) is 0 Å². The molecule has 3 nitrogen and oxygen atoms in total. The van der Waals surface area contributed by atoms with Gasteiger partial charge < -0.3 is 5.73 Å². The molecule has 0 aliphatic heterocycles. The molecule has 2 aromatic rings. The first-order valence-electron chi connectivity index (χ1n) is 5.40. The van der Waals surface area contributed by atoms with E-state index < -0.39 is 0 Å². The largest absolute Gasteiger partial charge is 0.399 e. The molecule has 0 heterocycles. The van der Waals surface area contributed by atoms with Crippen molar-refractivity contribution in [2.45, 2.75) is 6.92 Å². The van der Waals surface area contributed by atoms with E-state index in [4.69, 9.17) is 40.5 Å². The zero-order valence-electron chi connectivity index (χ0n) is 9.99. The molecular formula is C13H10Cl3N3. The predicted molar refractivity (Wildman–Crippen MR) is 81.2 cm³/mol. The molecule has 0 aromatic heterocycles. The van der Waals surface area contributed by atoms with E-state index >= 15 is 0 Å². The minimum atomic E-state index is 0.418. The molecule has 6 heteroatoms. The molecule has 0 saturated heterocycles. The van der Waals surface area contributed by atoms with E-state index in [1.54, 1.807) is 30.3 Å². The van der Waals surface area contributed by atoms with Crippen molar-refractivity contribution in [3.05, 3.63) is 51.0 Å². The minimum absolute atomic E-state index is 0.418. The Morgan fingerprint density at radius 1 is 0.895 bits per heavy atom. The summed E-state index contributed by atoms with van der Waals surface area (Å²) in [6, 6.07) is 8.52. The van der Waals surface area contributed by atoms with Crippen LogP contribution in [-0.2, 0) is 0 Å². The summed E-state index contributed by atoms with van der Waals surface area (Å²) in [5.74, 6) is 0. The van der Waals surface area contributed by atoms with Crippen LogP contribution in [0.3, 0.4) is 0 Å². The number of nitrogens with zero attached hydrogens (tertiary/aromatic N) is 2. The number of rotatable bonds is 2. The van der Waals surface area contributed by atoms with Crippen LogP contribution in [0.2, 0.25) is 15.1 Å². The van der Waals surface area contributed by atoms with Gasteiger partial charge in [0, 0.05) is 5.69 Å². The molecule has 2 rings (SSSR count). The lowest BCUT2D eigenvalue weighted by Gasteiger charge is -2.03. The molecular weight excluding hydrogens is 305 g/mol. The van der Waals surface area contributed by atoms with Crippen LogP contribution < -0.4 is 5.73 Å². The summed E-state index contributed by atoms with van der Waals surface area (Å²) >= 11 is 18.2. The van der Waals surface area contributed by atoms with Gasteiger partial charge in [0.25, 0.3) is 0 Å². The van der Waals surface area contributed by atoms with E-state index in [9.17, 15) is 0 Å². The fraction of sp³-hybridized carbons (Fsp3) is 0.0769. The molecule has 0 radical (unpaired) electrons. The summed E-state index contributed by atoms with van der Waals surface area (Å²) in [6.45, 7) is 1.90. The van der Waals surface area contributed by atoms with Gasteiger partial charge >= 0.3 is 0 Å². The van der Waals surface area contributed by atoms with Crippen LogP contribution in [0.5, 0.6) is 0 Å². The molecule has 98 valence electrons. The first kappa shape index (κ1) is 14.1. The Morgan fingerprint density at radius 3 is 2.11 bits per heavy atom. The SMILES string of the molecule is Cc1cc(Cl)c(N=Nc2ccc(N)cc2Cl)c(Cl)c1. The average molecular weight is 315 g/mol. The van der Waals surface area contributed by atoms with Gasteiger partial charge in [0.05, 0.1) is 15.1 Å². The maximum Gasteiger partial charge on any atom is 0.123 e. The third-order valence-electron chi connectivity index (χ3n) is 2.39. The van der Waals surface area contributed by atoms with Crippen molar-refractivity contribution in [2.24, 2.45) is 10.2 Å². The van der Waals surface area contributed by atoms with Gasteiger partial charge in [-0.05, 0) is 42.8 Å². The Hall–Kier alpha value is -1.29. The Kier molecular flexibility index (Phi) is 4.30. The fourth-order valence-corrected chi connectivity index (χ4v) is 2.39. The van der Waals surface area contributed by atoms with Gasteiger partial charge in [-0.3, -0.25) is 0 Å². The lowest BCUT2D eigenvalue weighted by molar-refractivity contribution is 1.23. The molecule has 0 aliphatic rings. The van der Waals surface area contributed by atoms with Crippen molar-refractivity contribution < 1.29 is 0 Å². The molecule has 0 unspecified atom stereocenters. The summed E-state index contributed by atoms with van der Waals surface area (Å²) in [5, 5.41) is 9.39. The van der Waals surface area contributed by atoms with E-state index in [0.29, 0.717) is 32.1 Å². The smallest absolute Gasteiger partial charge is 0.123 e. The summed E-state index contributed by atoms with van der Waals surface area (Å²) in [7, 11) is 0. The van der Waals surface area contributed by atoms with Crippen LogP contribution in [-0.4, -0.2) is 0 Å². The van der Waals surface area contributed by atoms with Crippen molar-refractivity contribution in [3.8, 4) is 0 Å². The molecule has 0 spiro atoms. The number of anilines is 1. The zero-order valence-corrected chi connectivity index (χ0v) is 12.3. The van der Waals surface area contributed by atoms with Gasteiger partial charge in [-0.1, -0.05) is 34.8 Å². The van der Waals surface area contributed by atoms with Crippen molar-refractivity contribution in [2.75, 3.05) is 5.73 Å². The highest BCUT2D eigenvalue weighted by Crippen LogP contribution is 2.36. The number of hydrogen-bond acceptors (Lipinski definition) is 3. The van der Waals surface area contributed by atoms with Crippen molar-refractivity contribution >= 4 is 51.9 Å². The number of azo groups is 1. The van der Waals surface area contributed by atoms with Crippen LogP contribution >= 0.6 is 34.8 Å². The molecule has 0 amide bonds. The summed E-state index contributed by atoms with van der Waals surface area (Å²) in [4.78, 5) is 0. The second-order valence-electron chi connectivity index (χ2n) is 3.99. The highest BCUT2D eigenvalue weighted by Gasteiger charge is 2.06. The maximum atomic E-state index is 6.07. The van der Waals surface area contributed by atoms with Crippen LogP contribution in [0.1, 0.15) is 5.56 Å². The summed E-state index contributed by atoms with van der Waals surface area (Å²) in [6.07, 6.45) is 0. The van der Waals surface area contributed by atoms with E-state index in [0.717, 1.165) is 5.56 Å². The van der Waals surface area contributed by atoms with Gasteiger partial charge in [-0.25, -0.2) is 0 Å². The van der Waals surface area contributed by atoms with Crippen LogP contribution in [0.4, 0.5) is 17.1 Å². The summed E-state index contributed by atoms with van der Waals surface area (Å²) in [5.41, 5.74) is 8.05. The molecule has 0 atom stereocenters. The third-order valence-corrected chi connectivity index (χ3v) is 3.27. The Labute approximate surface area is 126 Å². The molecule has 2 aromatic carbocycles. The van der Waals surface area contributed by atoms with Crippen molar-refractivity contribution in [3.63, 3.8) is 0 Å². The highest BCUT2D eigenvalue weighted by atomic mass is 35.5. The quantitative estimate of drug-likeness (QED) is 0.540. The number of nitrogen functional groups attached to an aromatic ring is 1. The normalized spacial score (nSPS) is 11.2. The Balaban J connectivity index is 2.38. The molecule has 0 bridgehead atoms. The number of benzene rings is 2. The number of aryl methyl sites for hydroxylation is 1. The Bertz CT molecular complexity index is 631. The topological polar surface area (TPSA) is 50.7 Å². The third kappa shape index (κ3) is 3.38. The fourth-order valence-electron chi connectivity index (χ4n) is 1.50. The Morgan fingerprint density at radius 2 is 1.53 bits per heavy atom.